The number of primary amides is 1. The molecule has 19 heavy (non-hydrogen) atoms. The summed E-state index contributed by atoms with van der Waals surface area (Å²) >= 11 is 0. The van der Waals surface area contributed by atoms with Crippen LogP contribution in [0.5, 0.6) is 0 Å². The van der Waals surface area contributed by atoms with E-state index < -0.39 is 6.04 Å². The highest BCUT2D eigenvalue weighted by molar-refractivity contribution is 5.84. The number of carbonyl (C=O) groups is 1. The Hall–Kier alpha value is -2.29. The number of aryl methyl sites for hydroxylation is 1. The van der Waals surface area contributed by atoms with Crippen molar-refractivity contribution in [2.24, 2.45) is 5.73 Å². The van der Waals surface area contributed by atoms with Gasteiger partial charge in [-0.15, -0.1) is 0 Å². The third-order valence-electron chi connectivity index (χ3n) is 3.09. The average molecular weight is 254 g/mol. The van der Waals surface area contributed by atoms with E-state index in [4.69, 9.17) is 5.73 Å². The van der Waals surface area contributed by atoms with Crippen molar-refractivity contribution in [3.05, 3.63) is 65.7 Å². The lowest BCUT2D eigenvalue weighted by atomic mass is 10.1. The van der Waals surface area contributed by atoms with E-state index in [1.54, 1.807) is 0 Å². The Morgan fingerprint density at radius 3 is 2.26 bits per heavy atom. The van der Waals surface area contributed by atoms with Crippen molar-refractivity contribution in [3.8, 4) is 0 Å². The third kappa shape index (κ3) is 3.35. The maximum absolute atomic E-state index is 11.6. The maximum Gasteiger partial charge on any atom is 0.244 e. The second-order valence-corrected chi connectivity index (χ2v) is 4.44. The zero-order chi connectivity index (χ0) is 13.7. The molecule has 3 heteroatoms. The normalized spacial score (nSPS) is 11.8. The number of amides is 1. The molecule has 0 unspecified atom stereocenters. The van der Waals surface area contributed by atoms with Crippen LogP contribution in [0.25, 0.3) is 0 Å². The molecule has 2 rings (SSSR count). The standard InChI is InChI=1S/C16H18N2O/c1-2-12-8-10-14(11-9-12)18-15(16(17)19)13-6-4-3-5-7-13/h3-11,15,18H,2H2,1H3,(H2,17,19)/t15-/m0/s1. The van der Waals surface area contributed by atoms with Gasteiger partial charge in [0.2, 0.25) is 5.91 Å². The summed E-state index contributed by atoms with van der Waals surface area (Å²) in [7, 11) is 0. The molecular weight excluding hydrogens is 236 g/mol. The van der Waals surface area contributed by atoms with Crippen molar-refractivity contribution in [1.29, 1.82) is 0 Å². The summed E-state index contributed by atoms with van der Waals surface area (Å²) in [6, 6.07) is 17.0. The summed E-state index contributed by atoms with van der Waals surface area (Å²) in [6.45, 7) is 2.11. The van der Waals surface area contributed by atoms with E-state index in [0.29, 0.717) is 0 Å². The molecule has 0 heterocycles. The lowest BCUT2D eigenvalue weighted by molar-refractivity contribution is -0.118. The van der Waals surface area contributed by atoms with Crippen LogP contribution in [-0.4, -0.2) is 5.91 Å². The second kappa shape index (κ2) is 6.05. The quantitative estimate of drug-likeness (QED) is 0.862. The Balaban J connectivity index is 2.19. The second-order valence-electron chi connectivity index (χ2n) is 4.44. The molecular formula is C16H18N2O. The van der Waals surface area contributed by atoms with E-state index >= 15 is 0 Å². The van der Waals surface area contributed by atoms with Crippen molar-refractivity contribution in [2.45, 2.75) is 19.4 Å². The molecule has 0 aliphatic rings. The molecule has 1 atom stereocenters. The van der Waals surface area contributed by atoms with Crippen LogP contribution in [0.15, 0.2) is 54.6 Å². The van der Waals surface area contributed by atoms with Crippen molar-refractivity contribution in [1.82, 2.24) is 0 Å². The van der Waals surface area contributed by atoms with Gasteiger partial charge in [-0.3, -0.25) is 4.79 Å². The lowest BCUT2D eigenvalue weighted by Crippen LogP contribution is -2.27. The molecule has 0 spiro atoms. The fourth-order valence-electron chi connectivity index (χ4n) is 1.97. The first kappa shape index (κ1) is 13.1. The topological polar surface area (TPSA) is 55.1 Å². The molecule has 3 N–H and O–H groups in total. The van der Waals surface area contributed by atoms with Gasteiger partial charge < -0.3 is 11.1 Å². The minimum absolute atomic E-state index is 0.384. The van der Waals surface area contributed by atoms with E-state index in [1.165, 1.54) is 5.56 Å². The minimum Gasteiger partial charge on any atom is -0.370 e. The molecule has 1 amide bonds. The molecule has 0 aromatic heterocycles. The summed E-state index contributed by atoms with van der Waals surface area (Å²) in [4.78, 5) is 11.6. The molecule has 0 aliphatic carbocycles. The molecule has 0 fully saturated rings. The Bertz CT molecular complexity index is 534. The van der Waals surface area contributed by atoms with Crippen molar-refractivity contribution in [3.63, 3.8) is 0 Å². The highest BCUT2D eigenvalue weighted by atomic mass is 16.1. The van der Waals surface area contributed by atoms with Crippen LogP contribution in [-0.2, 0) is 11.2 Å². The van der Waals surface area contributed by atoms with E-state index in [1.807, 2.05) is 54.6 Å². The zero-order valence-electron chi connectivity index (χ0n) is 11.0. The van der Waals surface area contributed by atoms with Crippen LogP contribution in [0, 0.1) is 0 Å². The van der Waals surface area contributed by atoms with E-state index in [-0.39, 0.29) is 5.91 Å². The average Bonchev–Trinajstić information content (AvgIpc) is 2.46. The Morgan fingerprint density at radius 1 is 1.11 bits per heavy atom. The molecule has 0 saturated carbocycles. The first-order valence-corrected chi connectivity index (χ1v) is 6.40. The van der Waals surface area contributed by atoms with Crippen LogP contribution in [0.2, 0.25) is 0 Å². The van der Waals surface area contributed by atoms with E-state index in [2.05, 4.69) is 12.2 Å². The monoisotopic (exact) mass is 254 g/mol. The lowest BCUT2D eigenvalue weighted by Gasteiger charge is -2.17. The maximum atomic E-state index is 11.6. The number of hydrogen-bond acceptors (Lipinski definition) is 2. The minimum atomic E-state index is -0.506. The molecule has 0 radical (unpaired) electrons. The van der Waals surface area contributed by atoms with Gasteiger partial charge in [-0.1, -0.05) is 49.4 Å². The summed E-state index contributed by atoms with van der Waals surface area (Å²) < 4.78 is 0. The number of anilines is 1. The molecule has 98 valence electrons. The number of hydrogen-bond donors (Lipinski definition) is 2. The van der Waals surface area contributed by atoms with Crippen LogP contribution >= 0.6 is 0 Å². The SMILES string of the molecule is CCc1ccc(N[C@H](C(N)=O)c2ccccc2)cc1. The van der Waals surface area contributed by atoms with Gasteiger partial charge in [0.15, 0.2) is 0 Å². The molecule has 2 aromatic carbocycles. The number of nitrogens with two attached hydrogens (primary N) is 1. The van der Waals surface area contributed by atoms with Gasteiger partial charge in [-0.2, -0.15) is 0 Å². The number of nitrogens with one attached hydrogen (secondary N) is 1. The van der Waals surface area contributed by atoms with E-state index in [0.717, 1.165) is 17.7 Å². The van der Waals surface area contributed by atoms with Crippen molar-refractivity contribution in [2.75, 3.05) is 5.32 Å². The summed E-state index contributed by atoms with van der Waals surface area (Å²) in [6.07, 6.45) is 0.998. The summed E-state index contributed by atoms with van der Waals surface area (Å²) in [5.41, 5.74) is 8.50. The molecule has 0 bridgehead atoms. The van der Waals surface area contributed by atoms with Crippen molar-refractivity contribution >= 4 is 11.6 Å². The highest BCUT2D eigenvalue weighted by Crippen LogP contribution is 2.19. The molecule has 0 saturated heterocycles. The van der Waals surface area contributed by atoms with Crippen molar-refractivity contribution < 1.29 is 4.79 Å². The Kier molecular flexibility index (Phi) is 4.18. The highest BCUT2D eigenvalue weighted by Gasteiger charge is 2.16. The Morgan fingerprint density at radius 2 is 1.74 bits per heavy atom. The van der Waals surface area contributed by atoms with Gasteiger partial charge in [0, 0.05) is 5.69 Å². The smallest absolute Gasteiger partial charge is 0.244 e. The number of rotatable bonds is 5. The summed E-state index contributed by atoms with van der Waals surface area (Å²) in [5, 5.41) is 3.17. The molecule has 0 aliphatic heterocycles. The summed E-state index contributed by atoms with van der Waals surface area (Å²) in [5.74, 6) is -0.384. The van der Waals surface area contributed by atoms with E-state index in [9.17, 15) is 4.79 Å². The predicted octanol–water partition coefficient (Wildman–Crippen LogP) is 2.89. The largest absolute Gasteiger partial charge is 0.370 e. The van der Waals surface area contributed by atoms with Gasteiger partial charge in [-0.05, 0) is 29.7 Å². The zero-order valence-corrected chi connectivity index (χ0v) is 11.0. The van der Waals surface area contributed by atoms with Gasteiger partial charge in [0.05, 0.1) is 0 Å². The van der Waals surface area contributed by atoms with Gasteiger partial charge >= 0.3 is 0 Å². The first-order valence-electron chi connectivity index (χ1n) is 6.40. The van der Waals surface area contributed by atoms with Gasteiger partial charge in [0.1, 0.15) is 6.04 Å². The fourth-order valence-corrected chi connectivity index (χ4v) is 1.97. The van der Waals surface area contributed by atoms with Crippen LogP contribution in [0.4, 0.5) is 5.69 Å². The van der Waals surface area contributed by atoms with Crippen LogP contribution in [0.1, 0.15) is 24.1 Å². The predicted molar refractivity (Wildman–Crippen MR) is 77.8 cm³/mol. The van der Waals surface area contributed by atoms with Gasteiger partial charge in [0.25, 0.3) is 0 Å². The molecule has 3 nitrogen and oxygen atoms in total. The molecule has 2 aromatic rings. The van der Waals surface area contributed by atoms with Crippen LogP contribution < -0.4 is 11.1 Å². The first-order chi connectivity index (χ1) is 9.20. The number of benzene rings is 2. The van der Waals surface area contributed by atoms with Crippen LogP contribution in [0.3, 0.4) is 0 Å². The third-order valence-corrected chi connectivity index (χ3v) is 3.09. The Labute approximate surface area is 113 Å². The fraction of sp³-hybridized carbons (Fsp3) is 0.188. The van der Waals surface area contributed by atoms with Gasteiger partial charge in [-0.25, -0.2) is 0 Å². The number of carbonyl (C=O) groups excluding carboxylic acids is 1.